The van der Waals surface area contributed by atoms with Gasteiger partial charge in [0.15, 0.2) is 0 Å². The fourth-order valence-corrected chi connectivity index (χ4v) is 4.18. The Kier molecular flexibility index (Phi) is 2.56. The second-order valence-electron chi connectivity index (χ2n) is 3.65. The van der Waals surface area contributed by atoms with E-state index in [0.717, 1.165) is 0 Å². The van der Waals surface area contributed by atoms with Crippen molar-refractivity contribution in [2.45, 2.75) is 16.7 Å². The number of allylic oxidation sites excluding steroid dienone is 4. The molecule has 0 aromatic heterocycles. The Bertz CT molecular complexity index is 543. The van der Waals surface area contributed by atoms with Gasteiger partial charge in [0.05, 0.1) is 4.24 Å². The molecule has 0 radical (unpaired) electrons. The number of hydrogen-bond acceptors (Lipinski definition) is 2. The molecular weight excluding hydrogens is 232 g/mol. The Labute approximate surface area is 104 Å². The van der Waals surface area contributed by atoms with E-state index >= 15 is 0 Å². The van der Waals surface area contributed by atoms with Gasteiger partial charge in [-0.15, -0.1) is 5.73 Å². The maximum absolute atomic E-state index is 3.26. The third-order valence-corrected chi connectivity index (χ3v) is 5.33. The van der Waals surface area contributed by atoms with Crippen LogP contribution in [0.3, 0.4) is 0 Å². The second kappa shape index (κ2) is 4.06. The minimum absolute atomic E-state index is 1.21. The summed E-state index contributed by atoms with van der Waals surface area (Å²) in [5.41, 5.74) is 5.80. The predicted molar refractivity (Wildman–Crippen MR) is 71.6 cm³/mol. The van der Waals surface area contributed by atoms with Crippen LogP contribution in [0.15, 0.2) is 73.4 Å². The summed E-state index contributed by atoms with van der Waals surface area (Å²) in [6.07, 6.45) is 6.13. The molecule has 0 nitrogen and oxygen atoms in total. The summed E-state index contributed by atoms with van der Waals surface area (Å²) in [5.74, 6) is 0. The molecule has 3 rings (SSSR count). The monoisotopic (exact) mass is 242 g/mol. The van der Waals surface area contributed by atoms with Gasteiger partial charge >= 0.3 is 0 Å². The van der Waals surface area contributed by atoms with E-state index in [-0.39, 0.29) is 0 Å². The highest BCUT2D eigenvalue weighted by molar-refractivity contribution is 8.24. The first kappa shape index (κ1) is 10.1. The summed E-state index contributed by atoms with van der Waals surface area (Å²) < 4.78 is 1.38. The third-order valence-electron chi connectivity index (χ3n) is 2.56. The molecule has 0 saturated carbocycles. The van der Waals surface area contributed by atoms with Gasteiger partial charge in [0.1, 0.15) is 0 Å². The van der Waals surface area contributed by atoms with Crippen molar-refractivity contribution in [1.29, 1.82) is 0 Å². The van der Waals surface area contributed by atoms with Crippen LogP contribution in [0.25, 0.3) is 0 Å². The zero-order chi connectivity index (χ0) is 11.0. The highest BCUT2D eigenvalue weighted by Crippen LogP contribution is 2.52. The van der Waals surface area contributed by atoms with Gasteiger partial charge in [0.2, 0.25) is 0 Å². The molecule has 1 aliphatic heterocycles. The summed E-state index contributed by atoms with van der Waals surface area (Å²) in [6, 6.07) is 8.56. The second-order valence-corrected chi connectivity index (χ2v) is 6.01. The molecule has 16 heavy (non-hydrogen) atoms. The minimum Gasteiger partial charge on any atom is -0.113 e. The van der Waals surface area contributed by atoms with Crippen molar-refractivity contribution in [2.24, 2.45) is 0 Å². The zero-order valence-electron chi connectivity index (χ0n) is 8.86. The lowest BCUT2D eigenvalue weighted by Gasteiger charge is -2.02. The molecule has 0 bridgehead atoms. The van der Waals surface area contributed by atoms with Crippen molar-refractivity contribution in [2.75, 3.05) is 0 Å². The fraction of sp³-hybridized carbons (Fsp3) is 0.0714. The van der Waals surface area contributed by atoms with Crippen LogP contribution < -0.4 is 0 Å². The Morgan fingerprint density at radius 3 is 2.38 bits per heavy atom. The quantitative estimate of drug-likeness (QED) is 0.651. The fourth-order valence-electron chi connectivity index (χ4n) is 1.67. The lowest BCUT2D eigenvalue weighted by Crippen LogP contribution is -1.79. The van der Waals surface area contributed by atoms with Crippen LogP contribution in [0.1, 0.15) is 6.92 Å². The summed E-state index contributed by atoms with van der Waals surface area (Å²) in [5, 5.41) is 0. The van der Waals surface area contributed by atoms with E-state index in [2.05, 4.69) is 43.0 Å². The van der Waals surface area contributed by atoms with Crippen molar-refractivity contribution in [3.63, 3.8) is 0 Å². The minimum atomic E-state index is 1.21. The average molecular weight is 242 g/mol. The molecule has 0 fully saturated rings. The molecule has 0 unspecified atom stereocenters. The summed E-state index contributed by atoms with van der Waals surface area (Å²) >= 11 is 3.73. The molecule has 2 aliphatic rings. The lowest BCUT2D eigenvalue weighted by molar-refractivity contribution is 1.27. The van der Waals surface area contributed by atoms with Crippen LogP contribution in [-0.2, 0) is 0 Å². The Morgan fingerprint density at radius 1 is 1.12 bits per heavy atom. The molecule has 1 heterocycles. The maximum Gasteiger partial charge on any atom is 0.0540 e. The molecule has 1 aromatic carbocycles. The molecule has 2 heteroatoms. The molecular formula is C14H10S2. The molecule has 78 valence electrons. The SMILES string of the molecule is CC(C1=C=CC=C1)=C1Sc2ccccc2S1. The summed E-state index contributed by atoms with van der Waals surface area (Å²) in [6.45, 7) is 2.17. The summed E-state index contributed by atoms with van der Waals surface area (Å²) in [4.78, 5) is 2.74. The van der Waals surface area contributed by atoms with Crippen LogP contribution >= 0.6 is 23.5 Å². The van der Waals surface area contributed by atoms with Gasteiger partial charge in [-0.2, -0.15) is 0 Å². The van der Waals surface area contributed by atoms with Crippen molar-refractivity contribution < 1.29 is 0 Å². The Hall–Kier alpha value is -1.08. The van der Waals surface area contributed by atoms with Gasteiger partial charge in [-0.25, -0.2) is 0 Å². The highest BCUT2D eigenvalue weighted by atomic mass is 32.2. The topological polar surface area (TPSA) is 0 Å². The Balaban J connectivity index is 1.99. The lowest BCUT2D eigenvalue weighted by atomic mass is 10.2. The van der Waals surface area contributed by atoms with Crippen LogP contribution in [0, 0.1) is 0 Å². The van der Waals surface area contributed by atoms with Crippen LogP contribution in [0.5, 0.6) is 0 Å². The van der Waals surface area contributed by atoms with E-state index in [1.165, 1.54) is 25.2 Å². The average Bonchev–Trinajstić information content (AvgIpc) is 2.97. The van der Waals surface area contributed by atoms with Gasteiger partial charge in [0, 0.05) is 15.4 Å². The first-order valence-electron chi connectivity index (χ1n) is 5.14. The largest absolute Gasteiger partial charge is 0.113 e. The van der Waals surface area contributed by atoms with Crippen LogP contribution in [0.2, 0.25) is 0 Å². The van der Waals surface area contributed by atoms with Crippen molar-refractivity contribution in [3.05, 3.63) is 63.6 Å². The van der Waals surface area contributed by atoms with E-state index in [4.69, 9.17) is 0 Å². The third kappa shape index (κ3) is 1.69. The van der Waals surface area contributed by atoms with Gasteiger partial charge in [-0.05, 0) is 36.8 Å². The van der Waals surface area contributed by atoms with Gasteiger partial charge < -0.3 is 0 Å². The van der Waals surface area contributed by atoms with E-state index in [9.17, 15) is 0 Å². The predicted octanol–water partition coefficient (Wildman–Crippen LogP) is 4.77. The maximum atomic E-state index is 3.26. The van der Waals surface area contributed by atoms with Crippen molar-refractivity contribution in [1.82, 2.24) is 0 Å². The molecule has 1 aliphatic carbocycles. The number of hydrogen-bond donors (Lipinski definition) is 0. The number of rotatable bonds is 1. The molecule has 0 spiro atoms. The standard InChI is InChI=1S/C14H10S2/c1-10(11-6-2-3-7-11)14-15-12-8-4-5-9-13(12)16-14/h2-6,8-9H,1H3. The van der Waals surface area contributed by atoms with Gasteiger partial charge in [-0.1, -0.05) is 41.7 Å². The Morgan fingerprint density at radius 2 is 1.81 bits per heavy atom. The van der Waals surface area contributed by atoms with E-state index in [1.54, 1.807) is 0 Å². The van der Waals surface area contributed by atoms with Gasteiger partial charge in [0.25, 0.3) is 0 Å². The molecule has 0 saturated heterocycles. The van der Waals surface area contributed by atoms with Crippen molar-refractivity contribution in [3.8, 4) is 0 Å². The number of benzene rings is 1. The van der Waals surface area contributed by atoms with E-state index in [1.807, 2.05) is 35.7 Å². The first-order chi connectivity index (χ1) is 7.84. The first-order valence-corrected chi connectivity index (χ1v) is 6.77. The van der Waals surface area contributed by atoms with Crippen LogP contribution in [0.4, 0.5) is 0 Å². The molecule has 1 aromatic rings. The molecule has 0 amide bonds. The van der Waals surface area contributed by atoms with Crippen molar-refractivity contribution >= 4 is 23.5 Å². The van der Waals surface area contributed by atoms with Crippen LogP contribution in [-0.4, -0.2) is 0 Å². The molecule has 0 N–H and O–H groups in total. The van der Waals surface area contributed by atoms with Gasteiger partial charge in [-0.3, -0.25) is 0 Å². The van der Waals surface area contributed by atoms with E-state index < -0.39 is 0 Å². The molecule has 0 atom stereocenters. The zero-order valence-corrected chi connectivity index (χ0v) is 10.5. The normalized spacial score (nSPS) is 16.6. The highest BCUT2D eigenvalue weighted by Gasteiger charge is 2.19. The number of thioether (sulfide) groups is 2. The number of fused-ring (bicyclic) bond motifs is 1. The summed E-state index contributed by atoms with van der Waals surface area (Å²) in [7, 11) is 0. The smallest absolute Gasteiger partial charge is 0.0540 e. The van der Waals surface area contributed by atoms with E-state index in [0.29, 0.717) is 0 Å².